The van der Waals surface area contributed by atoms with Gasteiger partial charge in [0.2, 0.25) is 0 Å². The third-order valence-electron chi connectivity index (χ3n) is 2.88. The summed E-state index contributed by atoms with van der Waals surface area (Å²) in [4.78, 5) is 6.69. The molecule has 94 valence electrons. The molecule has 18 heavy (non-hydrogen) atoms. The molecular formula is C15H17ClN2. The molecule has 0 fully saturated rings. The molecule has 0 atom stereocenters. The largest absolute Gasteiger partial charge is 0.369 e. The summed E-state index contributed by atoms with van der Waals surface area (Å²) in [5, 5.41) is 0. The smallest absolute Gasteiger partial charge is 0.0600 e. The Labute approximate surface area is 113 Å². The monoisotopic (exact) mass is 260 g/mol. The number of halogens is 1. The van der Waals surface area contributed by atoms with E-state index in [1.165, 1.54) is 5.69 Å². The average Bonchev–Trinajstić information content (AvgIpc) is 2.39. The van der Waals surface area contributed by atoms with Gasteiger partial charge >= 0.3 is 0 Å². The number of anilines is 1. The lowest BCUT2D eigenvalue weighted by atomic mass is 10.2. The average molecular weight is 261 g/mol. The van der Waals surface area contributed by atoms with Crippen LogP contribution in [0, 0.1) is 6.92 Å². The van der Waals surface area contributed by atoms with Crippen LogP contribution in [-0.2, 0) is 12.4 Å². The lowest BCUT2D eigenvalue weighted by molar-refractivity contribution is 0.876. The van der Waals surface area contributed by atoms with Crippen LogP contribution in [0.4, 0.5) is 5.69 Å². The van der Waals surface area contributed by atoms with Gasteiger partial charge in [-0.05, 0) is 36.8 Å². The van der Waals surface area contributed by atoms with Crippen LogP contribution in [0.3, 0.4) is 0 Å². The maximum absolute atomic E-state index is 5.78. The molecule has 1 heterocycles. The topological polar surface area (TPSA) is 16.1 Å². The summed E-state index contributed by atoms with van der Waals surface area (Å²) in [5.74, 6) is 0.559. The van der Waals surface area contributed by atoms with Crippen molar-refractivity contribution in [3.8, 4) is 0 Å². The van der Waals surface area contributed by atoms with Crippen molar-refractivity contribution in [3.05, 3.63) is 59.4 Å². The van der Waals surface area contributed by atoms with E-state index in [-0.39, 0.29) is 0 Å². The summed E-state index contributed by atoms with van der Waals surface area (Å²) in [6, 6.07) is 14.4. The van der Waals surface area contributed by atoms with Crippen molar-refractivity contribution in [1.29, 1.82) is 0 Å². The van der Waals surface area contributed by atoms with E-state index in [2.05, 4.69) is 47.3 Å². The van der Waals surface area contributed by atoms with Gasteiger partial charge in [-0.1, -0.05) is 18.2 Å². The van der Waals surface area contributed by atoms with Gasteiger partial charge in [0.05, 0.1) is 12.2 Å². The van der Waals surface area contributed by atoms with Crippen LogP contribution in [-0.4, -0.2) is 12.0 Å². The molecule has 1 aromatic heterocycles. The summed E-state index contributed by atoms with van der Waals surface area (Å²) in [7, 11) is 2.07. The number of aryl methyl sites for hydroxylation is 1. The first-order valence-electron chi connectivity index (χ1n) is 5.97. The zero-order valence-electron chi connectivity index (χ0n) is 10.7. The second-order valence-corrected chi connectivity index (χ2v) is 4.69. The van der Waals surface area contributed by atoms with Crippen LogP contribution in [0.1, 0.15) is 17.0 Å². The maximum atomic E-state index is 5.78. The number of alkyl halides is 1. The van der Waals surface area contributed by atoms with Gasteiger partial charge in [-0.3, -0.25) is 4.98 Å². The molecule has 0 spiro atoms. The number of aromatic nitrogens is 1. The number of nitrogens with zero attached hydrogens (tertiary/aromatic N) is 2. The van der Waals surface area contributed by atoms with E-state index in [1.807, 2.05) is 19.1 Å². The van der Waals surface area contributed by atoms with Crippen LogP contribution in [0.15, 0.2) is 42.5 Å². The molecule has 0 unspecified atom stereocenters. The second kappa shape index (κ2) is 5.87. The zero-order chi connectivity index (χ0) is 13.0. The van der Waals surface area contributed by atoms with Gasteiger partial charge in [0, 0.05) is 24.3 Å². The molecule has 0 aliphatic rings. The predicted molar refractivity (Wildman–Crippen MR) is 77.1 cm³/mol. The summed E-state index contributed by atoms with van der Waals surface area (Å²) < 4.78 is 0. The minimum atomic E-state index is 0.559. The fourth-order valence-corrected chi connectivity index (χ4v) is 2.04. The van der Waals surface area contributed by atoms with Gasteiger partial charge in [0.15, 0.2) is 0 Å². The summed E-state index contributed by atoms with van der Waals surface area (Å²) in [6.45, 7) is 2.82. The Morgan fingerprint density at radius 1 is 1.11 bits per heavy atom. The second-order valence-electron chi connectivity index (χ2n) is 4.43. The molecule has 2 nitrogen and oxygen atoms in total. The number of benzene rings is 1. The third-order valence-corrected chi connectivity index (χ3v) is 3.19. The summed E-state index contributed by atoms with van der Waals surface area (Å²) in [6.07, 6.45) is 0. The molecular weight excluding hydrogens is 244 g/mol. The molecule has 1 aromatic carbocycles. The quantitative estimate of drug-likeness (QED) is 0.778. The Balaban J connectivity index is 2.09. The van der Waals surface area contributed by atoms with Crippen molar-refractivity contribution < 1.29 is 0 Å². The number of pyridine rings is 1. The highest BCUT2D eigenvalue weighted by Crippen LogP contribution is 2.16. The SMILES string of the molecule is Cc1cccc(CN(C)c2ccc(CCl)cc2)n1. The van der Waals surface area contributed by atoms with Crippen LogP contribution < -0.4 is 4.90 Å². The molecule has 0 saturated carbocycles. The highest BCUT2D eigenvalue weighted by Gasteiger charge is 2.03. The molecule has 0 saturated heterocycles. The Bertz CT molecular complexity index is 508. The number of hydrogen-bond donors (Lipinski definition) is 0. The van der Waals surface area contributed by atoms with Crippen molar-refractivity contribution >= 4 is 17.3 Å². The van der Waals surface area contributed by atoms with Gasteiger partial charge in [-0.15, -0.1) is 11.6 Å². The number of rotatable bonds is 4. The van der Waals surface area contributed by atoms with E-state index in [0.717, 1.165) is 23.5 Å². The Morgan fingerprint density at radius 2 is 1.83 bits per heavy atom. The van der Waals surface area contributed by atoms with Crippen LogP contribution in [0.5, 0.6) is 0 Å². The lowest BCUT2D eigenvalue weighted by Gasteiger charge is -2.19. The van der Waals surface area contributed by atoms with Gasteiger partial charge in [-0.25, -0.2) is 0 Å². The van der Waals surface area contributed by atoms with Crippen LogP contribution >= 0.6 is 11.6 Å². The highest BCUT2D eigenvalue weighted by molar-refractivity contribution is 6.17. The van der Waals surface area contributed by atoms with E-state index in [9.17, 15) is 0 Å². The van der Waals surface area contributed by atoms with E-state index < -0.39 is 0 Å². The van der Waals surface area contributed by atoms with Gasteiger partial charge in [0.25, 0.3) is 0 Å². The van der Waals surface area contributed by atoms with Crippen molar-refractivity contribution in [2.75, 3.05) is 11.9 Å². The summed E-state index contributed by atoms with van der Waals surface area (Å²) >= 11 is 5.78. The van der Waals surface area contributed by atoms with E-state index in [1.54, 1.807) is 0 Å². The molecule has 3 heteroatoms. The predicted octanol–water partition coefficient (Wildman–Crippen LogP) is 3.77. The van der Waals surface area contributed by atoms with Crippen LogP contribution in [0.25, 0.3) is 0 Å². The van der Waals surface area contributed by atoms with Crippen LogP contribution in [0.2, 0.25) is 0 Å². The van der Waals surface area contributed by atoms with E-state index in [0.29, 0.717) is 5.88 Å². The first kappa shape index (κ1) is 12.9. The van der Waals surface area contributed by atoms with E-state index >= 15 is 0 Å². The first-order valence-corrected chi connectivity index (χ1v) is 6.51. The number of hydrogen-bond acceptors (Lipinski definition) is 2. The minimum Gasteiger partial charge on any atom is -0.369 e. The van der Waals surface area contributed by atoms with E-state index in [4.69, 9.17) is 11.6 Å². The normalized spacial score (nSPS) is 10.4. The standard InChI is InChI=1S/C15H17ClN2/c1-12-4-3-5-14(17-12)11-18(2)15-8-6-13(10-16)7-9-15/h3-9H,10-11H2,1-2H3. The third kappa shape index (κ3) is 3.23. The van der Waals surface area contributed by atoms with Crippen molar-refractivity contribution in [2.45, 2.75) is 19.3 Å². The van der Waals surface area contributed by atoms with Gasteiger partial charge < -0.3 is 4.90 Å². The van der Waals surface area contributed by atoms with Crippen molar-refractivity contribution in [1.82, 2.24) is 4.98 Å². The molecule has 0 amide bonds. The Kier molecular flexibility index (Phi) is 4.21. The molecule has 0 aliphatic heterocycles. The van der Waals surface area contributed by atoms with Crippen molar-refractivity contribution in [3.63, 3.8) is 0 Å². The highest BCUT2D eigenvalue weighted by atomic mass is 35.5. The van der Waals surface area contributed by atoms with Gasteiger partial charge in [-0.2, -0.15) is 0 Å². The molecule has 0 bridgehead atoms. The van der Waals surface area contributed by atoms with Gasteiger partial charge in [0.1, 0.15) is 0 Å². The zero-order valence-corrected chi connectivity index (χ0v) is 11.5. The fraction of sp³-hybridized carbons (Fsp3) is 0.267. The van der Waals surface area contributed by atoms with Crippen molar-refractivity contribution in [2.24, 2.45) is 0 Å². The minimum absolute atomic E-state index is 0.559. The molecule has 0 radical (unpaired) electrons. The first-order chi connectivity index (χ1) is 8.69. The molecule has 2 rings (SSSR count). The Morgan fingerprint density at radius 3 is 2.44 bits per heavy atom. The molecule has 0 N–H and O–H groups in total. The molecule has 0 aliphatic carbocycles. The fourth-order valence-electron chi connectivity index (χ4n) is 1.86. The Hall–Kier alpha value is -1.54. The maximum Gasteiger partial charge on any atom is 0.0600 e. The molecule has 2 aromatic rings. The lowest BCUT2D eigenvalue weighted by Crippen LogP contribution is -2.17. The summed E-state index contributed by atoms with van der Waals surface area (Å²) in [5.41, 5.74) is 4.45.